The van der Waals surface area contributed by atoms with Crippen molar-refractivity contribution >= 4 is 28.5 Å². The number of hydrogen-bond acceptors (Lipinski definition) is 2. The van der Waals surface area contributed by atoms with Crippen molar-refractivity contribution in [1.82, 2.24) is 15.1 Å². The fourth-order valence-electron chi connectivity index (χ4n) is 3.90. The first-order valence-corrected chi connectivity index (χ1v) is 8.12. The van der Waals surface area contributed by atoms with E-state index < -0.39 is 0 Å². The Morgan fingerprint density at radius 1 is 1.53 bits per heavy atom. The Kier molecular flexibility index (Phi) is 3.57. The normalized spacial score (nSPS) is 30.6. The minimum atomic E-state index is -0.0275. The molecule has 0 unspecified atom stereocenters. The molecule has 0 aromatic carbocycles. The van der Waals surface area contributed by atoms with E-state index in [4.69, 9.17) is 0 Å². The standard InChI is InChI=1S/C14H20IN3O/c1-8(11-6-9-3-4-10(11)5-9)16-14(19)13-12(15)7-18(2)17-13/h7-11H,3-6H2,1-2H3,(H,16,19)/t8-,9+,10+,11-/m0/s1. The molecule has 1 aromatic rings. The molecule has 2 saturated carbocycles. The number of rotatable bonds is 3. The van der Waals surface area contributed by atoms with E-state index in [1.165, 1.54) is 25.7 Å². The largest absolute Gasteiger partial charge is 0.348 e. The highest BCUT2D eigenvalue weighted by Gasteiger charge is 2.42. The summed E-state index contributed by atoms with van der Waals surface area (Å²) in [5.74, 6) is 2.40. The first kappa shape index (κ1) is 13.4. The topological polar surface area (TPSA) is 46.9 Å². The van der Waals surface area contributed by atoms with Gasteiger partial charge >= 0.3 is 0 Å². The molecule has 0 aliphatic heterocycles. The second kappa shape index (κ2) is 5.07. The van der Waals surface area contributed by atoms with Crippen LogP contribution in [0.3, 0.4) is 0 Å². The van der Waals surface area contributed by atoms with E-state index in [9.17, 15) is 4.79 Å². The molecule has 104 valence electrons. The number of carbonyl (C=O) groups excluding carboxylic acids is 1. The molecular weight excluding hydrogens is 353 g/mol. The Labute approximate surface area is 127 Å². The molecule has 2 fully saturated rings. The maximum absolute atomic E-state index is 12.3. The van der Waals surface area contributed by atoms with Gasteiger partial charge in [-0.2, -0.15) is 5.10 Å². The quantitative estimate of drug-likeness (QED) is 0.828. The molecule has 2 bridgehead atoms. The maximum Gasteiger partial charge on any atom is 0.273 e. The first-order valence-electron chi connectivity index (χ1n) is 7.04. The van der Waals surface area contributed by atoms with Crippen LogP contribution in [0.5, 0.6) is 0 Å². The maximum atomic E-state index is 12.3. The average Bonchev–Trinajstić information content (AvgIpc) is 3.03. The molecule has 4 nitrogen and oxygen atoms in total. The fraction of sp³-hybridized carbons (Fsp3) is 0.714. The third-order valence-electron chi connectivity index (χ3n) is 4.79. The van der Waals surface area contributed by atoms with E-state index >= 15 is 0 Å². The Morgan fingerprint density at radius 3 is 2.84 bits per heavy atom. The summed E-state index contributed by atoms with van der Waals surface area (Å²) in [6.07, 6.45) is 7.31. The Hall–Kier alpha value is -0.590. The van der Waals surface area contributed by atoms with Crippen LogP contribution in [0.1, 0.15) is 43.1 Å². The summed E-state index contributed by atoms with van der Waals surface area (Å²) in [6.45, 7) is 2.15. The molecule has 2 aliphatic carbocycles. The van der Waals surface area contributed by atoms with E-state index in [1.807, 2.05) is 13.2 Å². The fourth-order valence-corrected chi connectivity index (χ4v) is 4.66. The zero-order chi connectivity index (χ0) is 13.6. The summed E-state index contributed by atoms with van der Waals surface area (Å²) in [5, 5.41) is 7.39. The van der Waals surface area contributed by atoms with Gasteiger partial charge in [0.2, 0.25) is 0 Å². The highest BCUT2D eigenvalue weighted by molar-refractivity contribution is 14.1. The van der Waals surface area contributed by atoms with Crippen LogP contribution in [0.15, 0.2) is 6.20 Å². The lowest BCUT2D eigenvalue weighted by Gasteiger charge is -2.28. The van der Waals surface area contributed by atoms with Crippen LogP contribution in [0.2, 0.25) is 0 Å². The van der Waals surface area contributed by atoms with Crippen LogP contribution in [0.25, 0.3) is 0 Å². The van der Waals surface area contributed by atoms with E-state index in [0.29, 0.717) is 11.6 Å². The summed E-state index contributed by atoms with van der Waals surface area (Å²) >= 11 is 2.17. The summed E-state index contributed by atoms with van der Waals surface area (Å²) in [5.41, 5.74) is 0.554. The van der Waals surface area contributed by atoms with Gasteiger partial charge in [-0.15, -0.1) is 0 Å². The van der Waals surface area contributed by atoms with Crippen LogP contribution in [-0.2, 0) is 7.05 Å². The molecule has 0 spiro atoms. The molecule has 1 N–H and O–H groups in total. The SMILES string of the molecule is C[C@H](NC(=O)c1nn(C)cc1I)[C@@H]1C[C@@H]2CC[C@@H]1C2. The van der Waals surface area contributed by atoms with Crippen LogP contribution >= 0.6 is 22.6 Å². The molecule has 3 rings (SSSR count). The van der Waals surface area contributed by atoms with Crippen LogP contribution in [0, 0.1) is 21.3 Å². The third-order valence-corrected chi connectivity index (χ3v) is 5.58. The van der Waals surface area contributed by atoms with Gasteiger partial charge < -0.3 is 5.32 Å². The lowest BCUT2D eigenvalue weighted by atomic mass is 9.84. The van der Waals surface area contributed by atoms with Gasteiger partial charge in [0.05, 0.1) is 3.57 Å². The van der Waals surface area contributed by atoms with Gasteiger partial charge in [0.15, 0.2) is 5.69 Å². The zero-order valence-electron chi connectivity index (χ0n) is 11.4. The van der Waals surface area contributed by atoms with Gasteiger partial charge in [0.1, 0.15) is 0 Å². The van der Waals surface area contributed by atoms with Gasteiger partial charge in [-0.3, -0.25) is 9.48 Å². The van der Waals surface area contributed by atoms with Crippen molar-refractivity contribution in [2.24, 2.45) is 24.8 Å². The lowest BCUT2D eigenvalue weighted by Crippen LogP contribution is -2.40. The van der Waals surface area contributed by atoms with Crippen LogP contribution in [-0.4, -0.2) is 21.7 Å². The number of fused-ring (bicyclic) bond motifs is 2. The molecule has 5 heteroatoms. The summed E-state index contributed by atoms with van der Waals surface area (Å²) in [6, 6.07) is 0.264. The van der Waals surface area contributed by atoms with Crippen molar-refractivity contribution in [2.75, 3.05) is 0 Å². The molecule has 1 amide bonds. The van der Waals surface area contributed by atoms with E-state index in [-0.39, 0.29) is 11.9 Å². The molecule has 1 aromatic heterocycles. The van der Waals surface area contributed by atoms with Gasteiger partial charge in [0.25, 0.3) is 5.91 Å². The molecule has 0 radical (unpaired) electrons. The van der Waals surface area contributed by atoms with Crippen molar-refractivity contribution in [3.05, 3.63) is 15.5 Å². The first-order chi connectivity index (χ1) is 9.04. The summed E-state index contributed by atoms with van der Waals surface area (Å²) < 4.78 is 2.61. The van der Waals surface area contributed by atoms with Crippen molar-refractivity contribution < 1.29 is 4.79 Å². The van der Waals surface area contributed by atoms with Crippen LogP contribution in [0.4, 0.5) is 0 Å². The van der Waals surface area contributed by atoms with Crippen molar-refractivity contribution in [3.8, 4) is 0 Å². The van der Waals surface area contributed by atoms with E-state index in [1.54, 1.807) is 4.68 Å². The Morgan fingerprint density at radius 2 is 2.32 bits per heavy atom. The Bertz CT molecular complexity index is 499. The molecule has 1 heterocycles. The third kappa shape index (κ3) is 2.53. The number of nitrogens with one attached hydrogen (secondary N) is 1. The number of aromatic nitrogens is 2. The molecule has 19 heavy (non-hydrogen) atoms. The number of hydrogen-bond donors (Lipinski definition) is 1. The highest BCUT2D eigenvalue weighted by atomic mass is 127. The summed E-state index contributed by atoms with van der Waals surface area (Å²) in [7, 11) is 1.85. The van der Waals surface area contributed by atoms with Gasteiger partial charge in [-0.1, -0.05) is 6.42 Å². The van der Waals surface area contributed by atoms with Gasteiger partial charge in [-0.25, -0.2) is 0 Å². The second-order valence-electron chi connectivity index (χ2n) is 6.10. The van der Waals surface area contributed by atoms with E-state index in [2.05, 4.69) is 39.9 Å². The second-order valence-corrected chi connectivity index (χ2v) is 7.26. The smallest absolute Gasteiger partial charge is 0.273 e. The number of aryl methyl sites for hydroxylation is 1. The number of carbonyl (C=O) groups is 1. The van der Waals surface area contributed by atoms with Crippen molar-refractivity contribution in [3.63, 3.8) is 0 Å². The van der Waals surface area contributed by atoms with E-state index in [0.717, 1.165) is 15.4 Å². The molecule has 4 atom stereocenters. The molecule has 2 aliphatic rings. The summed E-state index contributed by atoms with van der Waals surface area (Å²) in [4.78, 5) is 12.3. The van der Waals surface area contributed by atoms with Crippen molar-refractivity contribution in [2.45, 2.75) is 38.6 Å². The molecular formula is C14H20IN3O. The predicted octanol–water partition coefficient (Wildman–Crippen LogP) is 2.58. The van der Waals surface area contributed by atoms with Crippen molar-refractivity contribution in [1.29, 1.82) is 0 Å². The average molecular weight is 373 g/mol. The number of nitrogens with zero attached hydrogens (tertiary/aromatic N) is 2. The predicted molar refractivity (Wildman–Crippen MR) is 81.8 cm³/mol. The number of halogens is 1. The number of amides is 1. The molecule has 0 saturated heterocycles. The van der Waals surface area contributed by atoms with Gasteiger partial charge in [0, 0.05) is 19.3 Å². The monoisotopic (exact) mass is 373 g/mol. The Balaban J connectivity index is 1.65. The zero-order valence-corrected chi connectivity index (χ0v) is 13.6. The minimum Gasteiger partial charge on any atom is -0.348 e. The lowest BCUT2D eigenvalue weighted by molar-refractivity contribution is 0.0908. The minimum absolute atomic E-state index is 0.0275. The van der Waals surface area contributed by atoms with Gasteiger partial charge in [-0.05, 0) is 66.5 Å². The van der Waals surface area contributed by atoms with Crippen LogP contribution < -0.4 is 5.32 Å². The highest BCUT2D eigenvalue weighted by Crippen LogP contribution is 2.49.